The van der Waals surface area contributed by atoms with Crippen molar-refractivity contribution >= 4 is 11.8 Å². The molecule has 4 rings (SSSR count). The average molecular weight is 384 g/mol. The number of methoxy groups -OCH3 is 1. The largest absolute Gasteiger partial charge is 0.480 e. The minimum atomic E-state index is -0.502. The monoisotopic (exact) mass is 384 g/mol. The number of para-hydroxylation sites is 1. The van der Waals surface area contributed by atoms with Crippen LogP contribution in [0.2, 0.25) is 0 Å². The Kier molecular flexibility index (Phi) is 5.04. The van der Waals surface area contributed by atoms with Gasteiger partial charge in [0.25, 0.3) is 11.8 Å². The molecule has 2 unspecified atom stereocenters. The molecule has 3 heterocycles. The fourth-order valence-electron chi connectivity index (χ4n) is 3.76. The number of rotatable bonds is 5. The van der Waals surface area contributed by atoms with E-state index < -0.39 is 6.10 Å². The summed E-state index contributed by atoms with van der Waals surface area (Å²) in [4.78, 5) is 31.6. The van der Waals surface area contributed by atoms with Gasteiger partial charge in [-0.25, -0.2) is 4.98 Å². The number of benzene rings is 1. The Morgan fingerprint density at radius 2 is 2.14 bits per heavy atom. The van der Waals surface area contributed by atoms with Gasteiger partial charge in [0.15, 0.2) is 6.10 Å². The number of fused-ring (bicyclic) bond motifs is 2. The van der Waals surface area contributed by atoms with Gasteiger partial charge in [-0.3, -0.25) is 9.59 Å². The van der Waals surface area contributed by atoms with Gasteiger partial charge in [0.05, 0.1) is 12.6 Å². The number of carbonyl (C=O) groups is 2. The van der Waals surface area contributed by atoms with Crippen LogP contribution in [0.4, 0.5) is 0 Å². The second kappa shape index (κ2) is 7.63. The molecule has 0 saturated heterocycles. The molecule has 2 aliphatic heterocycles. The molecule has 8 heteroatoms. The maximum atomic E-state index is 13.1. The molecule has 2 aromatic rings. The van der Waals surface area contributed by atoms with Gasteiger partial charge in [-0.05, 0) is 18.6 Å². The molecule has 0 radical (unpaired) electrons. The lowest BCUT2D eigenvalue weighted by Crippen LogP contribution is -2.47. The lowest BCUT2D eigenvalue weighted by molar-refractivity contribution is -0.141. The highest BCUT2D eigenvalue weighted by atomic mass is 16.5. The van der Waals surface area contributed by atoms with E-state index in [2.05, 4.69) is 10.3 Å². The quantitative estimate of drug-likeness (QED) is 0.782. The zero-order chi connectivity index (χ0) is 19.7. The van der Waals surface area contributed by atoms with Crippen LogP contribution in [-0.4, -0.2) is 59.2 Å². The summed E-state index contributed by atoms with van der Waals surface area (Å²) in [5, 5.41) is 2.77. The summed E-state index contributed by atoms with van der Waals surface area (Å²) in [6.45, 7) is 3.97. The Morgan fingerprint density at radius 1 is 1.32 bits per heavy atom. The van der Waals surface area contributed by atoms with E-state index in [0.29, 0.717) is 44.2 Å². The number of imidazole rings is 1. The summed E-state index contributed by atoms with van der Waals surface area (Å²) >= 11 is 0. The van der Waals surface area contributed by atoms with Gasteiger partial charge in [-0.15, -0.1) is 0 Å². The first-order chi connectivity index (χ1) is 13.6. The smallest absolute Gasteiger partial charge is 0.271 e. The van der Waals surface area contributed by atoms with Crippen LogP contribution in [-0.2, 0) is 22.5 Å². The van der Waals surface area contributed by atoms with Crippen LogP contribution in [0.5, 0.6) is 5.75 Å². The fraction of sp³-hybridized carbons (Fsp3) is 0.450. The lowest BCUT2D eigenvalue weighted by atomic mass is 10.1. The maximum absolute atomic E-state index is 13.1. The van der Waals surface area contributed by atoms with E-state index in [1.54, 1.807) is 18.2 Å². The maximum Gasteiger partial charge on any atom is 0.271 e. The molecular formula is C20H24N4O4. The zero-order valence-electron chi connectivity index (χ0n) is 16.1. The van der Waals surface area contributed by atoms with Crippen LogP contribution in [0.3, 0.4) is 0 Å². The van der Waals surface area contributed by atoms with Gasteiger partial charge < -0.3 is 24.3 Å². The molecule has 1 aromatic heterocycles. The van der Waals surface area contributed by atoms with Crippen LogP contribution < -0.4 is 10.1 Å². The van der Waals surface area contributed by atoms with Crippen molar-refractivity contribution in [3.8, 4) is 5.75 Å². The summed E-state index contributed by atoms with van der Waals surface area (Å²) in [5.74, 6) is 1.22. The van der Waals surface area contributed by atoms with Crippen molar-refractivity contribution in [3.05, 3.63) is 47.5 Å². The standard InChI is InChI=1S/C20H24N4O4/c1-13-18-22-15(19(25)21-7-10-27-2)12-23(18)8-9-24(13)20(26)17-11-14-5-3-4-6-16(14)28-17/h3-6,12-13,17H,7-11H2,1-2H3,(H,21,25). The van der Waals surface area contributed by atoms with Crippen LogP contribution in [0.15, 0.2) is 30.5 Å². The average Bonchev–Trinajstić information content (AvgIpc) is 3.32. The van der Waals surface area contributed by atoms with E-state index >= 15 is 0 Å². The first kappa shape index (κ1) is 18.5. The Labute approximate surface area is 163 Å². The second-order valence-electron chi connectivity index (χ2n) is 7.05. The van der Waals surface area contributed by atoms with E-state index in [1.165, 1.54) is 0 Å². The number of hydrogen-bond acceptors (Lipinski definition) is 5. The van der Waals surface area contributed by atoms with Gasteiger partial charge in [0.1, 0.15) is 17.3 Å². The first-order valence-electron chi connectivity index (χ1n) is 9.47. The molecule has 148 valence electrons. The molecule has 2 aliphatic rings. The fourth-order valence-corrected chi connectivity index (χ4v) is 3.76. The van der Waals surface area contributed by atoms with Gasteiger partial charge in [0.2, 0.25) is 0 Å². The van der Waals surface area contributed by atoms with E-state index in [9.17, 15) is 9.59 Å². The summed E-state index contributed by atoms with van der Waals surface area (Å²) in [6, 6.07) is 7.52. The minimum Gasteiger partial charge on any atom is -0.480 e. The Bertz CT molecular complexity index is 869. The van der Waals surface area contributed by atoms with Crippen LogP contribution in [0.1, 0.15) is 34.8 Å². The van der Waals surface area contributed by atoms with Gasteiger partial charge >= 0.3 is 0 Å². The molecule has 0 bridgehead atoms. The number of ether oxygens (including phenoxy) is 2. The van der Waals surface area contributed by atoms with Crippen LogP contribution in [0.25, 0.3) is 0 Å². The van der Waals surface area contributed by atoms with Crippen molar-refractivity contribution in [1.82, 2.24) is 19.8 Å². The number of amides is 2. The summed E-state index contributed by atoms with van der Waals surface area (Å²) < 4.78 is 12.8. The van der Waals surface area contributed by atoms with Crippen molar-refractivity contribution in [2.45, 2.75) is 32.0 Å². The summed E-state index contributed by atoms with van der Waals surface area (Å²) in [7, 11) is 1.58. The first-order valence-corrected chi connectivity index (χ1v) is 9.47. The Morgan fingerprint density at radius 3 is 2.93 bits per heavy atom. The normalized spacial score (nSPS) is 20.3. The third kappa shape index (κ3) is 3.35. The summed E-state index contributed by atoms with van der Waals surface area (Å²) in [6.07, 6.45) is 1.83. The van der Waals surface area contributed by atoms with Crippen LogP contribution in [0, 0.1) is 0 Å². The Balaban J connectivity index is 1.45. The highest BCUT2D eigenvalue weighted by molar-refractivity contribution is 5.92. The number of carbonyl (C=O) groups excluding carboxylic acids is 2. The van der Waals surface area contributed by atoms with E-state index in [-0.39, 0.29) is 17.9 Å². The molecule has 0 spiro atoms. The van der Waals surface area contributed by atoms with Crippen molar-refractivity contribution in [2.75, 3.05) is 26.8 Å². The predicted octanol–water partition coefficient (Wildman–Crippen LogP) is 1.17. The van der Waals surface area contributed by atoms with Crippen molar-refractivity contribution < 1.29 is 19.1 Å². The van der Waals surface area contributed by atoms with E-state index in [4.69, 9.17) is 9.47 Å². The van der Waals surface area contributed by atoms with Gasteiger partial charge in [-0.1, -0.05) is 18.2 Å². The van der Waals surface area contributed by atoms with Crippen LogP contribution >= 0.6 is 0 Å². The molecule has 0 fully saturated rings. The van der Waals surface area contributed by atoms with Crippen molar-refractivity contribution in [1.29, 1.82) is 0 Å². The second-order valence-corrected chi connectivity index (χ2v) is 7.05. The van der Waals surface area contributed by atoms with Crippen molar-refractivity contribution in [3.63, 3.8) is 0 Å². The third-order valence-corrected chi connectivity index (χ3v) is 5.26. The molecular weight excluding hydrogens is 360 g/mol. The molecule has 0 aliphatic carbocycles. The molecule has 2 amide bonds. The number of nitrogens with zero attached hydrogens (tertiary/aromatic N) is 3. The van der Waals surface area contributed by atoms with Gasteiger partial charge in [0, 0.05) is 39.4 Å². The third-order valence-electron chi connectivity index (χ3n) is 5.26. The van der Waals surface area contributed by atoms with Gasteiger partial charge in [-0.2, -0.15) is 0 Å². The SMILES string of the molecule is COCCNC(=O)c1cn2c(n1)C(C)N(C(=O)C1Cc3ccccc3O1)CC2. The van der Waals surface area contributed by atoms with E-state index in [1.807, 2.05) is 35.8 Å². The predicted molar refractivity (Wildman–Crippen MR) is 101 cm³/mol. The highest BCUT2D eigenvalue weighted by Crippen LogP contribution is 2.32. The zero-order valence-corrected chi connectivity index (χ0v) is 16.1. The molecule has 0 saturated carbocycles. The molecule has 1 N–H and O–H groups in total. The minimum absolute atomic E-state index is 0.0379. The lowest BCUT2D eigenvalue weighted by Gasteiger charge is -2.35. The molecule has 2 atom stereocenters. The number of hydrogen-bond donors (Lipinski definition) is 1. The number of nitrogens with one attached hydrogen (secondary N) is 1. The molecule has 8 nitrogen and oxygen atoms in total. The summed E-state index contributed by atoms with van der Waals surface area (Å²) in [5.41, 5.74) is 1.42. The molecule has 1 aromatic carbocycles. The highest BCUT2D eigenvalue weighted by Gasteiger charge is 2.37. The van der Waals surface area contributed by atoms with Crippen molar-refractivity contribution in [2.24, 2.45) is 0 Å². The van der Waals surface area contributed by atoms with E-state index in [0.717, 1.165) is 11.3 Å². The Hall–Kier alpha value is -2.87. The number of aromatic nitrogens is 2. The topological polar surface area (TPSA) is 85.7 Å². The molecule has 28 heavy (non-hydrogen) atoms.